The van der Waals surface area contributed by atoms with Gasteiger partial charge in [0.1, 0.15) is 0 Å². The number of nitrogens with zero attached hydrogens (tertiary/aromatic N) is 1. The van der Waals surface area contributed by atoms with Gasteiger partial charge in [0.25, 0.3) is 0 Å². The molecule has 1 aromatic heterocycles. The lowest BCUT2D eigenvalue weighted by Gasteiger charge is -2.05. The summed E-state index contributed by atoms with van der Waals surface area (Å²) >= 11 is 1.79. The minimum atomic E-state index is 0.252. The maximum Gasteiger partial charge on any atom is 0.0957 e. The van der Waals surface area contributed by atoms with Crippen molar-refractivity contribution in [2.45, 2.75) is 39.8 Å². The van der Waals surface area contributed by atoms with E-state index in [1.165, 1.54) is 9.88 Å². The summed E-state index contributed by atoms with van der Waals surface area (Å²) in [6.07, 6.45) is 1.16. The molecule has 0 amide bonds. The monoisotopic (exact) mass is 228 g/mol. The summed E-state index contributed by atoms with van der Waals surface area (Å²) in [7, 11) is 1.74. The number of hydrogen-bond acceptors (Lipinski definition) is 4. The highest BCUT2D eigenvalue weighted by Crippen LogP contribution is 2.19. The zero-order valence-electron chi connectivity index (χ0n) is 9.96. The number of ether oxygens (including phenoxy) is 1. The van der Waals surface area contributed by atoms with Crippen LogP contribution >= 0.6 is 11.3 Å². The number of rotatable bonds is 6. The van der Waals surface area contributed by atoms with Crippen molar-refractivity contribution in [2.24, 2.45) is 0 Å². The Bertz CT molecular complexity index is 299. The average molecular weight is 228 g/mol. The molecular formula is C11H20N2OS. The topological polar surface area (TPSA) is 34.1 Å². The first kappa shape index (κ1) is 12.6. The minimum absolute atomic E-state index is 0.252. The molecule has 0 aliphatic carbocycles. The molecule has 1 unspecified atom stereocenters. The van der Waals surface area contributed by atoms with Crippen LogP contribution in [0.1, 0.15) is 29.4 Å². The first-order valence-electron chi connectivity index (χ1n) is 5.36. The molecule has 1 rings (SSSR count). The lowest BCUT2D eigenvalue weighted by Crippen LogP contribution is -2.11. The quantitative estimate of drug-likeness (QED) is 0.810. The van der Waals surface area contributed by atoms with Gasteiger partial charge in [0, 0.05) is 25.0 Å². The van der Waals surface area contributed by atoms with Crippen molar-refractivity contribution in [2.75, 3.05) is 13.7 Å². The second-order valence-electron chi connectivity index (χ2n) is 3.65. The minimum Gasteiger partial charge on any atom is -0.381 e. The molecular weight excluding hydrogens is 208 g/mol. The Kier molecular flexibility index (Phi) is 5.22. The van der Waals surface area contributed by atoms with Gasteiger partial charge >= 0.3 is 0 Å². The summed E-state index contributed by atoms with van der Waals surface area (Å²) in [6, 6.07) is 0. The molecule has 0 fully saturated rings. The van der Waals surface area contributed by atoms with E-state index >= 15 is 0 Å². The van der Waals surface area contributed by atoms with Gasteiger partial charge in [0.2, 0.25) is 0 Å². The van der Waals surface area contributed by atoms with Crippen LogP contribution in [0.25, 0.3) is 0 Å². The van der Waals surface area contributed by atoms with Crippen molar-refractivity contribution in [1.29, 1.82) is 0 Å². The highest BCUT2D eigenvalue weighted by atomic mass is 32.1. The summed E-state index contributed by atoms with van der Waals surface area (Å²) in [5.41, 5.74) is 1.15. The van der Waals surface area contributed by atoms with Crippen LogP contribution in [0.15, 0.2) is 0 Å². The molecule has 0 saturated heterocycles. The van der Waals surface area contributed by atoms with Gasteiger partial charge in [0.15, 0.2) is 0 Å². The van der Waals surface area contributed by atoms with Crippen LogP contribution in [0.4, 0.5) is 0 Å². The normalized spacial score (nSPS) is 13.1. The molecule has 3 nitrogen and oxygen atoms in total. The molecule has 15 heavy (non-hydrogen) atoms. The van der Waals surface area contributed by atoms with Gasteiger partial charge in [-0.2, -0.15) is 0 Å². The second kappa shape index (κ2) is 6.20. The van der Waals surface area contributed by atoms with Crippen LogP contribution in [-0.2, 0) is 17.7 Å². The third-order valence-electron chi connectivity index (χ3n) is 2.34. The maximum absolute atomic E-state index is 5.24. The lowest BCUT2D eigenvalue weighted by molar-refractivity contribution is 0.118. The summed E-state index contributed by atoms with van der Waals surface area (Å²) < 4.78 is 5.24. The SMILES string of the molecule is CCNCc1sc(CC(C)OC)nc1C. The Morgan fingerprint density at radius 2 is 2.27 bits per heavy atom. The predicted molar refractivity (Wildman–Crippen MR) is 64.4 cm³/mol. The molecule has 0 spiro atoms. The molecule has 1 atom stereocenters. The fourth-order valence-corrected chi connectivity index (χ4v) is 2.46. The van der Waals surface area contributed by atoms with Gasteiger partial charge in [-0.3, -0.25) is 0 Å². The molecule has 0 aromatic carbocycles. The fourth-order valence-electron chi connectivity index (χ4n) is 1.31. The Labute approximate surface area is 95.9 Å². The highest BCUT2D eigenvalue weighted by molar-refractivity contribution is 7.11. The number of methoxy groups -OCH3 is 1. The van der Waals surface area contributed by atoms with Crippen molar-refractivity contribution in [1.82, 2.24) is 10.3 Å². The molecule has 1 heterocycles. The van der Waals surface area contributed by atoms with Gasteiger partial charge in [-0.15, -0.1) is 11.3 Å². The predicted octanol–water partition coefficient (Wildman–Crippen LogP) is 2.14. The van der Waals surface area contributed by atoms with Crippen LogP contribution < -0.4 is 5.32 Å². The standard InChI is InChI=1S/C11H20N2OS/c1-5-12-7-10-9(3)13-11(15-10)6-8(2)14-4/h8,12H,5-7H2,1-4H3. The summed E-state index contributed by atoms with van der Waals surface area (Å²) in [5.74, 6) is 0. The van der Waals surface area contributed by atoms with Gasteiger partial charge in [-0.1, -0.05) is 6.92 Å². The van der Waals surface area contributed by atoms with Crippen LogP contribution in [0.3, 0.4) is 0 Å². The van der Waals surface area contributed by atoms with E-state index in [-0.39, 0.29) is 6.10 Å². The molecule has 0 aliphatic rings. The third-order valence-corrected chi connectivity index (χ3v) is 3.52. The summed E-state index contributed by atoms with van der Waals surface area (Å²) in [5, 5.41) is 4.50. The number of nitrogens with one attached hydrogen (secondary N) is 1. The fraction of sp³-hybridized carbons (Fsp3) is 0.727. The molecule has 0 saturated carbocycles. The van der Waals surface area contributed by atoms with E-state index < -0.39 is 0 Å². The molecule has 1 N–H and O–H groups in total. The van der Waals surface area contributed by atoms with Gasteiger partial charge in [-0.25, -0.2) is 4.98 Å². The van der Waals surface area contributed by atoms with E-state index in [9.17, 15) is 0 Å². The van der Waals surface area contributed by atoms with Gasteiger partial charge in [-0.05, 0) is 20.4 Å². The van der Waals surface area contributed by atoms with Crippen LogP contribution in [-0.4, -0.2) is 24.7 Å². The molecule has 0 bridgehead atoms. The Balaban J connectivity index is 2.59. The largest absolute Gasteiger partial charge is 0.381 e. The van der Waals surface area contributed by atoms with Crippen molar-refractivity contribution >= 4 is 11.3 Å². The first-order valence-corrected chi connectivity index (χ1v) is 6.17. The Hall–Kier alpha value is -0.450. The number of aryl methyl sites for hydroxylation is 1. The average Bonchev–Trinajstić information content (AvgIpc) is 2.55. The zero-order chi connectivity index (χ0) is 11.3. The number of hydrogen-bond donors (Lipinski definition) is 1. The zero-order valence-corrected chi connectivity index (χ0v) is 10.8. The van der Waals surface area contributed by atoms with Crippen LogP contribution in [0.5, 0.6) is 0 Å². The van der Waals surface area contributed by atoms with Crippen LogP contribution in [0.2, 0.25) is 0 Å². The van der Waals surface area contributed by atoms with Crippen molar-refractivity contribution in [3.63, 3.8) is 0 Å². The first-order chi connectivity index (χ1) is 7.17. The Morgan fingerprint density at radius 3 is 2.87 bits per heavy atom. The van der Waals surface area contributed by atoms with E-state index in [0.717, 1.165) is 25.2 Å². The van der Waals surface area contributed by atoms with E-state index in [2.05, 4.69) is 31.1 Å². The van der Waals surface area contributed by atoms with Crippen molar-refractivity contribution in [3.8, 4) is 0 Å². The summed E-state index contributed by atoms with van der Waals surface area (Å²) in [4.78, 5) is 5.89. The second-order valence-corrected chi connectivity index (χ2v) is 4.82. The lowest BCUT2D eigenvalue weighted by atomic mass is 10.3. The molecule has 0 aliphatic heterocycles. The van der Waals surface area contributed by atoms with E-state index in [1.807, 2.05) is 0 Å². The van der Waals surface area contributed by atoms with Crippen LogP contribution in [0, 0.1) is 6.92 Å². The molecule has 86 valence electrons. The van der Waals surface area contributed by atoms with E-state index in [4.69, 9.17) is 4.74 Å². The van der Waals surface area contributed by atoms with E-state index in [1.54, 1.807) is 18.4 Å². The summed E-state index contributed by atoms with van der Waals surface area (Å²) in [6.45, 7) is 8.19. The van der Waals surface area contributed by atoms with Crippen molar-refractivity contribution in [3.05, 3.63) is 15.6 Å². The number of thiazole rings is 1. The van der Waals surface area contributed by atoms with E-state index in [0.29, 0.717) is 0 Å². The Morgan fingerprint density at radius 1 is 1.53 bits per heavy atom. The molecule has 0 radical (unpaired) electrons. The third kappa shape index (κ3) is 3.89. The van der Waals surface area contributed by atoms with Gasteiger partial charge < -0.3 is 10.1 Å². The smallest absolute Gasteiger partial charge is 0.0957 e. The number of aromatic nitrogens is 1. The van der Waals surface area contributed by atoms with Gasteiger partial charge in [0.05, 0.1) is 16.8 Å². The highest BCUT2D eigenvalue weighted by Gasteiger charge is 2.09. The van der Waals surface area contributed by atoms with Crippen molar-refractivity contribution < 1.29 is 4.74 Å². The molecule has 4 heteroatoms. The molecule has 1 aromatic rings. The maximum atomic E-state index is 5.24.